The Hall–Kier alpha value is -3.46. The van der Waals surface area contributed by atoms with E-state index in [1.54, 1.807) is 24.7 Å². The molecule has 0 aliphatic heterocycles. The van der Waals surface area contributed by atoms with Gasteiger partial charge in [-0.25, -0.2) is 4.98 Å². The normalized spacial score (nSPS) is 13.0. The third-order valence-electron chi connectivity index (χ3n) is 5.95. The Labute approximate surface area is 198 Å². The van der Waals surface area contributed by atoms with Crippen LogP contribution in [-0.2, 0) is 24.2 Å². The van der Waals surface area contributed by atoms with Gasteiger partial charge in [-0.2, -0.15) is 15.6 Å². The number of nitriles is 2. The maximum absolute atomic E-state index is 9.88. The van der Waals surface area contributed by atoms with Crippen LogP contribution in [0.2, 0.25) is 0 Å². The Morgan fingerprint density at radius 1 is 1.18 bits per heavy atom. The minimum atomic E-state index is 0.331. The summed E-state index contributed by atoms with van der Waals surface area (Å²) in [6.07, 6.45) is 6.12. The molecule has 0 aromatic carbocycles. The Morgan fingerprint density at radius 2 is 1.94 bits per heavy atom. The molecule has 0 amide bonds. The second-order valence-corrected chi connectivity index (χ2v) is 9.31. The summed E-state index contributed by atoms with van der Waals surface area (Å²) in [4.78, 5) is 5.77. The molecule has 4 rings (SSSR count). The van der Waals surface area contributed by atoms with E-state index in [0.29, 0.717) is 18.0 Å². The molecule has 8 heteroatoms. The maximum atomic E-state index is 9.88. The van der Waals surface area contributed by atoms with Gasteiger partial charge in [0.2, 0.25) is 0 Å². The summed E-state index contributed by atoms with van der Waals surface area (Å²) in [7, 11) is 1.60. The molecule has 0 spiro atoms. The van der Waals surface area contributed by atoms with Crippen LogP contribution in [-0.4, -0.2) is 22.9 Å². The fourth-order valence-electron chi connectivity index (χ4n) is 4.43. The highest BCUT2D eigenvalue weighted by Crippen LogP contribution is 2.38. The van der Waals surface area contributed by atoms with Crippen LogP contribution in [0.1, 0.15) is 62.6 Å². The van der Waals surface area contributed by atoms with Gasteiger partial charge in [0.25, 0.3) is 0 Å². The average Bonchev–Trinajstić information content (AvgIpc) is 3.29. The quantitative estimate of drug-likeness (QED) is 0.410. The summed E-state index contributed by atoms with van der Waals surface area (Å²) in [5, 5.41) is 24.9. The van der Waals surface area contributed by atoms with Crippen LogP contribution in [0.4, 0.5) is 5.82 Å². The first-order valence-corrected chi connectivity index (χ1v) is 11.7. The standard InChI is InChI=1S/C25H26N6OS/c1-15-9-19(14-32-4)21(11-26)24(29-15)30-28-13-18-10-16(2)31(17(18)3)25-22(12-27)20-7-5-6-8-23(20)33-25/h9-10,13H,5-8,14H2,1-4H3,(H,29,30)/b28-13+. The lowest BCUT2D eigenvalue weighted by molar-refractivity contribution is 0.184. The van der Waals surface area contributed by atoms with Crippen molar-refractivity contribution in [1.82, 2.24) is 9.55 Å². The molecule has 1 aliphatic carbocycles. The third kappa shape index (κ3) is 4.28. The van der Waals surface area contributed by atoms with Crippen LogP contribution in [0.25, 0.3) is 5.00 Å². The van der Waals surface area contributed by atoms with E-state index in [2.05, 4.69) is 38.3 Å². The molecule has 3 aromatic rings. The van der Waals surface area contributed by atoms with Crippen molar-refractivity contribution >= 4 is 23.4 Å². The summed E-state index contributed by atoms with van der Waals surface area (Å²) in [5.41, 5.74) is 9.97. The SMILES string of the molecule is COCc1cc(C)nc(N/N=C/c2cc(C)n(-c3sc4c(c3C#N)CCCC4)c2C)c1C#N. The fraction of sp³-hybridized carbons (Fsp3) is 0.360. The van der Waals surface area contributed by atoms with Gasteiger partial charge >= 0.3 is 0 Å². The number of aromatic nitrogens is 2. The number of thiophene rings is 1. The number of hydrazone groups is 1. The second-order valence-electron chi connectivity index (χ2n) is 8.23. The Morgan fingerprint density at radius 3 is 2.67 bits per heavy atom. The summed E-state index contributed by atoms with van der Waals surface area (Å²) in [5.74, 6) is 0.410. The lowest BCUT2D eigenvalue weighted by Gasteiger charge is -2.10. The van der Waals surface area contributed by atoms with Gasteiger partial charge in [-0.05, 0) is 64.2 Å². The van der Waals surface area contributed by atoms with Gasteiger partial charge in [0, 0.05) is 40.2 Å². The molecule has 0 saturated carbocycles. The smallest absolute Gasteiger partial charge is 0.164 e. The molecule has 7 nitrogen and oxygen atoms in total. The first-order chi connectivity index (χ1) is 16.0. The maximum Gasteiger partial charge on any atom is 0.164 e. The monoisotopic (exact) mass is 458 g/mol. The lowest BCUT2D eigenvalue weighted by atomic mass is 9.96. The molecule has 1 N–H and O–H groups in total. The Kier molecular flexibility index (Phi) is 6.60. The van der Waals surface area contributed by atoms with Crippen molar-refractivity contribution in [3.8, 4) is 17.1 Å². The Bertz CT molecular complexity index is 1320. The lowest BCUT2D eigenvalue weighted by Crippen LogP contribution is -2.04. The molecule has 0 atom stereocenters. The fourth-order valence-corrected chi connectivity index (χ4v) is 5.88. The number of hydrogen-bond donors (Lipinski definition) is 1. The number of ether oxygens (including phenoxy) is 1. The van der Waals surface area contributed by atoms with Crippen LogP contribution >= 0.6 is 11.3 Å². The van der Waals surface area contributed by atoms with Gasteiger partial charge < -0.3 is 9.30 Å². The van der Waals surface area contributed by atoms with Gasteiger partial charge in [-0.15, -0.1) is 11.3 Å². The highest BCUT2D eigenvalue weighted by atomic mass is 32.1. The van der Waals surface area contributed by atoms with Crippen molar-refractivity contribution in [3.63, 3.8) is 0 Å². The van der Waals surface area contributed by atoms with Crippen molar-refractivity contribution < 1.29 is 4.74 Å². The molecule has 0 radical (unpaired) electrons. The number of nitrogens with zero attached hydrogens (tertiary/aromatic N) is 5. The topological polar surface area (TPSA) is 99.0 Å². The van der Waals surface area contributed by atoms with E-state index in [9.17, 15) is 10.5 Å². The van der Waals surface area contributed by atoms with Crippen molar-refractivity contribution in [2.75, 3.05) is 12.5 Å². The van der Waals surface area contributed by atoms with Gasteiger partial charge in [-0.1, -0.05) is 0 Å². The molecule has 0 saturated heterocycles. The molecule has 0 unspecified atom stereocenters. The molecule has 3 heterocycles. The van der Waals surface area contributed by atoms with Crippen LogP contribution < -0.4 is 5.43 Å². The molecule has 3 aromatic heterocycles. The zero-order valence-electron chi connectivity index (χ0n) is 19.3. The van der Waals surface area contributed by atoms with Crippen LogP contribution in [0.15, 0.2) is 17.2 Å². The highest BCUT2D eigenvalue weighted by molar-refractivity contribution is 7.15. The van der Waals surface area contributed by atoms with Crippen molar-refractivity contribution in [2.24, 2.45) is 5.10 Å². The third-order valence-corrected chi connectivity index (χ3v) is 7.23. The highest BCUT2D eigenvalue weighted by Gasteiger charge is 2.23. The predicted molar refractivity (Wildman–Crippen MR) is 130 cm³/mol. The number of nitrogens with one attached hydrogen (secondary N) is 1. The van der Waals surface area contributed by atoms with Crippen molar-refractivity contribution in [3.05, 3.63) is 61.9 Å². The number of rotatable bonds is 6. The van der Waals surface area contributed by atoms with E-state index in [1.165, 1.54) is 16.9 Å². The molecular formula is C25H26N6OS. The molecule has 0 fully saturated rings. The number of methoxy groups -OCH3 is 1. The molecular weight excluding hydrogens is 432 g/mol. The largest absolute Gasteiger partial charge is 0.380 e. The van der Waals surface area contributed by atoms with E-state index in [1.807, 2.05) is 26.8 Å². The minimum Gasteiger partial charge on any atom is -0.380 e. The number of pyridine rings is 1. The predicted octanol–water partition coefficient (Wildman–Crippen LogP) is 5.07. The molecule has 0 bridgehead atoms. The first-order valence-electron chi connectivity index (χ1n) is 10.9. The number of fused-ring (bicyclic) bond motifs is 1. The summed E-state index contributed by atoms with van der Waals surface area (Å²) in [6.45, 7) is 6.29. The number of aryl methyl sites for hydroxylation is 3. The zero-order valence-corrected chi connectivity index (χ0v) is 20.1. The van der Waals surface area contributed by atoms with Crippen molar-refractivity contribution in [1.29, 1.82) is 10.5 Å². The second kappa shape index (κ2) is 9.58. The van der Waals surface area contributed by atoms with Crippen LogP contribution in [0, 0.1) is 43.4 Å². The zero-order chi connectivity index (χ0) is 23.5. The molecule has 33 heavy (non-hydrogen) atoms. The van der Waals surface area contributed by atoms with Gasteiger partial charge in [0.05, 0.1) is 18.4 Å². The van der Waals surface area contributed by atoms with Gasteiger partial charge in [0.15, 0.2) is 5.82 Å². The molecule has 1 aliphatic rings. The summed E-state index contributed by atoms with van der Waals surface area (Å²) in [6, 6.07) is 8.56. The van der Waals surface area contributed by atoms with Gasteiger partial charge in [0.1, 0.15) is 22.7 Å². The number of hydrogen-bond acceptors (Lipinski definition) is 7. The summed E-state index contributed by atoms with van der Waals surface area (Å²) < 4.78 is 7.37. The average molecular weight is 459 g/mol. The van der Waals surface area contributed by atoms with Crippen LogP contribution in [0.3, 0.4) is 0 Å². The number of anilines is 1. The van der Waals surface area contributed by atoms with E-state index in [0.717, 1.165) is 58.0 Å². The molecule has 168 valence electrons. The Balaban J connectivity index is 1.66. The van der Waals surface area contributed by atoms with E-state index in [-0.39, 0.29) is 0 Å². The van der Waals surface area contributed by atoms with Crippen LogP contribution in [0.5, 0.6) is 0 Å². The van der Waals surface area contributed by atoms with Crippen molar-refractivity contribution in [2.45, 2.75) is 53.1 Å². The minimum absolute atomic E-state index is 0.331. The summed E-state index contributed by atoms with van der Waals surface area (Å²) >= 11 is 1.74. The van der Waals surface area contributed by atoms with Gasteiger partial charge in [-0.3, -0.25) is 5.43 Å². The van der Waals surface area contributed by atoms with E-state index < -0.39 is 0 Å². The first kappa shape index (κ1) is 22.7. The van der Waals surface area contributed by atoms with E-state index in [4.69, 9.17) is 4.74 Å². The van der Waals surface area contributed by atoms with E-state index >= 15 is 0 Å².